The molecule has 0 aliphatic carbocycles. The molecule has 8 heteroatoms. The number of aromatic amines is 1. The fraction of sp³-hybridized carbons (Fsp3) is 0.286. The first-order valence-electron chi connectivity index (χ1n) is 12.1. The molecule has 1 aromatic heterocycles. The number of fused-ring (bicyclic) bond motifs is 1. The van der Waals surface area contributed by atoms with Gasteiger partial charge in [-0.1, -0.05) is 36.4 Å². The van der Waals surface area contributed by atoms with Gasteiger partial charge in [-0.25, -0.2) is 0 Å². The number of nitrogens with zero attached hydrogens (tertiary/aromatic N) is 1. The number of ether oxygens (including phenoxy) is 2. The number of morpholine rings is 1. The van der Waals surface area contributed by atoms with E-state index in [1.165, 1.54) is 0 Å². The molecule has 186 valence electrons. The minimum absolute atomic E-state index is 0.168. The predicted molar refractivity (Wildman–Crippen MR) is 140 cm³/mol. The van der Waals surface area contributed by atoms with Crippen LogP contribution in [-0.4, -0.2) is 68.2 Å². The lowest BCUT2D eigenvalue weighted by Crippen LogP contribution is -2.41. The number of nitrogens with one attached hydrogen (secondary N) is 3. The quantitative estimate of drug-likeness (QED) is 0.444. The van der Waals surface area contributed by atoms with Gasteiger partial charge in [0.2, 0.25) is 0 Å². The van der Waals surface area contributed by atoms with Gasteiger partial charge in [0.05, 0.1) is 31.5 Å². The van der Waals surface area contributed by atoms with Crippen molar-refractivity contribution in [3.8, 4) is 16.9 Å². The van der Waals surface area contributed by atoms with Crippen molar-refractivity contribution in [2.45, 2.75) is 6.92 Å². The van der Waals surface area contributed by atoms with Crippen LogP contribution in [0.5, 0.6) is 5.75 Å². The van der Waals surface area contributed by atoms with Crippen LogP contribution < -0.4 is 15.4 Å². The summed E-state index contributed by atoms with van der Waals surface area (Å²) in [6.45, 7) is 6.34. The Morgan fingerprint density at radius 3 is 2.61 bits per heavy atom. The maximum absolute atomic E-state index is 13.5. The summed E-state index contributed by atoms with van der Waals surface area (Å²) in [4.78, 5) is 32.0. The topological polar surface area (TPSA) is 95.7 Å². The third kappa shape index (κ3) is 4.65. The highest BCUT2D eigenvalue weighted by Crippen LogP contribution is 2.39. The minimum Gasteiger partial charge on any atom is -0.496 e. The van der Waals surface area contributed by atoms with E-state index < -0.39 is 0 Å². The molecule has 0 unspecified atom stereocenters. The maximum atomic E-state index is 13.5. The summed E-state index contributed by atoms with van der Waals surface area (Å²) in [6.07, 6.45) is 1.82. The Morgan fingerprint density at radius 1 is 1.11 bits per heavy atom. The number of rotatable bonds is 7. The van der Waals surface area contributed by atoms with Crippen LogP contribution in [-0.2, 0) is 9.53 Å². The molecule has 3 N–H and O–H groups in total. The van der Waals surface area contributed by atoms with Crippen molar-refractivity contribution in [3.63, 3.8) is 0 Å². The summed E-state index contributed by atoms with van der Waals surface area (Å²) in [5, 5.41) is 6.00. The Bertz CT molecular complexity index is 1320. The zero-order chi connectivity index (χ0) is 25.1. The van der Waals surface area contributed by atoms with Crippen LogP contribution in [0.15, 0.2) is 48.5 Å². The molecule has 3 heterocycles. The summed E-state index contributed by atoms with van der Waals surface area (Å²) >= 11 is 0. The predicted octanol–water partition coefficient (Wildman–Crippen LogP) is 3.55. The van der Waals surface area contributed by atoms with Crippen molar-refractivity contribution < 1.29 is 19.1 Å². The molecule has 0 atom stereocenters. The zero-order valence-electron chi connectivity index (χ0n) is 20.5. The van der Waals surface area contributed by atoms with Crippen LogP contribution in [0.1, 0.15) is 27.3 Å². The van der Waals surface area contributed by atoms with E-state index in [1.54, 1.807) is 7.11 Å². The minimum atomic E-state index is -0.175. The molecule has 0 saturated carbocycles. The van der Waals surface area contributed by atoms with Crippen LogP contribution in [0, 0.1) is 6.92 Å². The number of methoxy groups -OCH3 is 1. The van der Waals surface area contributed by atoms with E-state index in [0.717, 1.165) is 55.4 Å². The van der Waals surface area contributed by atoms with Crippen molar-refractivity contribution in [3.05, 3.63) is 71.0 Å². The number of carbonyl (C=O) groups excluding carboxylic acids is 2. The van der Waals surface area contributed by atoms with Gasteiger partial charge < -0.3 is 25.1 Å². The molecule has 2 amide bonds. The number of hydrogen-bond acceptors (Lipinski definition) is 5. The third-order valence-electron chi connectivity index (χ3n) is 6.64. The lowest BCUT2D eigenvalue weighted by molar-refractivity contribution is -0.110. The molecular formula is C28H30N4O4. The van der Waals surface area contributed by atoms with Crippen molar-refractivity contribution >= 4 is 29.2 Å². The van der Waals surface area contributed by atoms with Crippen LogP contribution in [0.25, 0.3) is 22.8 Å². The molecule has 2 aliphatic heterocycles. The summed E-state index contributed by atoms with van der Waals surface area (Å²) in [5.74, 6) is 0.305. The first-order chi connectivity index (χ1) is 17.6. The maximum Gasteiger partial charge on any atom is 0.256 e. The molecule has 0 radical (unpaired) electrons. The molecule has 5 rings (SSSR count). The van der Waals surface area contributed by atoms with Crippen molar-refractivity contribution in [1.82, 2.24) is 15.2 Å². The first kappa shape index (κ1) is 23.8. The second kappa shape index (κ2) is 10.4. The molecule has 36 heavy (non-hydrogen) atoms. The lowest BCUT2D eigenvalue weighted by Gasteiger charge is -2.26. The number of benzene rings is 2. The van der Waals surface area contributed by atoms with Gasteiger partial charge in [-0.15, -0.1) is 0 Å². The fourth-order valence-corrected chi connectivity index (χ4v) is 4.84. The highest BCUT2D eigenvalue weighted by atomic mass is 16.5. The number of para-hydroxylation sites is 2. The smallest absolute Gasteiger partial charge is 0.256 e. The van der Waals surface area contributed by atoms with Gasteiger partial charge in [0.25, 0.3) is 11.8 Å². The van der Waals surface area contributed by atoms with Gasteiger partial charge in [0, 0.05) is 59.9 Å². The highest BCUT2D eigenvalue weighted by molar-refractivity contribution is 6.35. The Kier molecular flexibility index (Phi) is 6.88. The summed E-state index contributed by atoms with van der Waals surface area (Å²) in [7, 11) is 1.61. The van der Waals surface area contributed by atoms with Crippen LogP contribution >= 0.6 is 0 Å². The van der Waals surface area contributed by atoms with E-state index in [4.69, 9.17) is 9.47 Å². The van der Waals surface area contributed by atoms with Gasteiger partial charge in [-0.2, -0.15) is 0 Å². The zero-order valence-corrected chi connectivity index (χ0v) is 20.5. The van der Waals surface area contributed by atoms with E-state index in [1.807, 2.05) is 61.5 Å². The number of amides is 2. The van der Waals surface area contributed by atoms with Crippen molar-refractivity contribution in [2.75, 3.05) is 51.8 Å². The summed E-state index contributed by atoms with van der Waals surface area (Å²) in [5.41, 5.74) is 5.58. The first-order valence-corrected chi connectivity index (χ1v) is 12.1. The number of hydrogen-bond donors (Lipinski definition) is 3. The molecule has 3 aromatic rings. The van der Waals surface area contributed by atoms with E-state index in [0.29, 0.717) is 34.7 Å². The SMILES string of the molecule is COc1ccccc1-c1c(/C=C2\C(=O)Nc3ccccc32)[nH]c(C)c1C(=O)NCCN1CCOCC1. The number of aromatic nitrogens is 1. The van der Waals surface area contributed by atoms with Gasteiger partial charge in [-0.3, -0.25) is 14.5 Å². The Hall–Kier alpha value is -3.88. The van der Waals surface area contributed by atoms with Crippen molar-refractivity contribution in [1.29, 1.82) is 0 Å². The Labute approximate surface area is 210 Å². The summed E-state index contributed by atoms with van der Waals surface area (Å²) in [6, 6.07) is 15.2. The normalized spacial score (nSPS) is 16.6. The number of H-pyrrole nitrogens is 1. The van der Waals surface area contributed by atoms with Crippen LogP contribution in [0.3, 0.4) is 0 Å². The fourth-order valence-electron chi connectivity index (χ4n) is 4.84. The van der Waals surface area contributed by atoms with E-state index in [9.17, 15) is 9.59 Å². The molecule has 8 nitrogen and oxygen atoms in total. The standard InChI is InChI=1S/C28H30N4O4/c1-18-25(28(34)29-11-12-32-13-15-36-16-14-32)26(20-8-4-6-10-24(20)35-2)23(30-18)17-21-19-7-3-5-9-22(19)31-27(21)33/h3-10,17,30H,11-16H2,1-2H3,(H,29,34)(H,31,33)/b21-17-. The van der Waals surface area contributed by atoms with Crippen LogP contribution in [0.4, 0.5) is 5.69 Å². The second-order valence-corrected chi connectivity index (χ2v) is 8.88. The monoisotopic (exact) mass is 486 g/mol. The summed E-state index contributed by atoms with van der Waals surface area (Å²) < 4.78 is 11.0. The number of anilines is 1. The number of carbonyl (C=O) groups is 2. The van der Waals surface area contributed by atoms with Gasteiger partial charge in [0.15, 0.2) is 0 Å². The average Bonchev–Trinajstić information content (AvgIpc) is 3.40. The van der Waals surface area contributed by atoms with Gasteiger partial charge >= 0.3 is 0 Å². The average molecular weight is 487 g/mol. The van der Waals surface area contributed by atoms with Gasteiger partial charge in [0.1, 0.15) is 5.75 Å². The third-order valence-corrected chi connectivity index (χ3v) is 6.64. The molecule has 0 spiro atoms. The van der Waals surface area contributed by atoms with E-state index in [2.05, 4.69) is 20.5 Å². The van der Waals surface area contributed by atoms with Crippen LogP contribution in [0.2, 0.25) is 0 Å². The Balaban J connectivity index is 1.53. The molecule has 2 aromatic carbocycles. The largest absolute Gasteiger partial charge is 0.496 e. The molecule has 1 fully saturated rings. The molecule has 2 aliphatic rings. The van der Waals surface area contributed by atoms with Crippen molar-refractivity contribution in [2.24, 2.45) is 0 Å². The lowest BCUT2D eigenvalue weighted by atomic mass is 9.96. The highest BCUT2D eigenvalue weighted by Gasteiger charge is 2.27. The number of aryl methyl sites for hydroxylation is 1. The molecule has 1 saturated heterocycles. The second-order valence-electron chi connectivity index (χ2n) is 8.88. The van der Waals surface area contributed by atoms with E-state index in [-0.39, 0.29) is 11.8 Å². The molecule has 0 bridgehead atoms. The molecular weight excluding hydrogens is 456 g/mol. The Morgan fingerprint density at radius 2 is 1.83 bits per heavy atom. The van der Waals surface area contributed by atoms with E-state index >= 15 is 0 Å². The van der Waals surface area contributed by atoms with Gasteiger partial charge in [-0.05, 0) is 25.1 Å².